The number of aryl methyl sites for hydroxylation is 2. The van der Waals surface area contributed by atoms with E-state index in [9.17, 15) is 9.59 Å². The van der Waals surface area contributed by atoms with E-state index in [0.717, 1.165) is 34.3 Å². The highest BCUT2D eigenvalue weighted by Crippen LogP contribution is 2.25. The summed E-state index contributed by atoms with van der Waals surface area (Å²) in [6, 6.07) is 15.6. The van der Waals surface area contributed by atoms with Gasteiger partial charge in [-0.2, -0.15) is 0 Å². The van der Waals surface area contributed by atoms with Crippen LogP contribution < -0.4 is 5.32 Å². The highest BCUT2D eigenvalue weighted by atomic mass is 32.2. The first-order chi connectivity index (χ1) is 15.5. The van der Waals surface area contributed by atoms with Crippen molar-refractivity contribution in [1.82, 2.24) is 19.3 Å². The van der Waals surface area contributed by atoms with Crippen LogP contribution >= 0.6 is 11.8 Å². The first kappa shape index (κ1) is 21.8. The second kappa shape index (κ2) is 9.40. The molecule has 0 aliphatic carbocycles. The van der Waals surface area contributed by atoms with Crippen molar-refractivity contribution in [3.05, 3.63) is 71.7 Å². The Labute approximate surface area is 190 Å². The molecule has 0 atom stereocenters. The average molecular weight is 448 g/mol. The second-order valence-electron chi connectivity index (χ2n) is 7.56. The Morgan fingerprint density at radius 3 is 2.59 bits per heavy atom. The van der Waals surface area contributed by atoms with Crippen molar-refractivity contribution >= 4 is 40.0 Å². The van der Waals surface area contributed by atoms with Gasteiger partial charge in [-0.05, 0) is 31.5 Å². The van der Waals surface area contributed by atoms with Crippen molar-refractivity contribution in [1.29, 1.82) is 0 Å². The van der Waals surface area contributed by atoms with Gasteiger partial charge in [0.2, 0.25) is 5.91 Å². The van der Waals surface area contributed by atoms with Crippen molar-refractivity contribution in [2.24, 2.45) is 7.05 Å². The van der Waals surface area contributed by atoms with Gasteiger partial charge >= 0.3 is 0 Å². The standard InChI is InChI=1S/C24H25N5O2S/c1-4-29-14-18(17-10-6-8-12-20(17)29)21(30)15-32-24-27-26-22(28(24)3)13-23(31)25-19-11-7-5-9-16(19)2/h5-12,14H,4,13,15H2,1-3H3,(H,25,31). The molecule has 0 unspecified atom stereocenters. The molecule has 164 valence electrons. The molecular weight excluding hydrogens is 422 g/mol. The number of amides is 1. The quantitative estimate of drug-likeness (QED) is 0.322. The van der Waals surface area contributed by atoms with Crippen molar-refractivity contribution < 1.29 is 9.59 Å². The lowest BCUT2D eigenvalue weighted by molar-refractivity contribution is -0.115. The number of rotatable bonds is 8. The predicted molar refractivity (Wildman–Crippen MR) is 127 cm³/mol. The molecule has 0 aliphatic rings. The van der Waals surface area contributed by atoms with Crippen molar-refractivity contribution in [2.75, 3.05) is 11.1 Å². The van der Waals surface area contributed by atoms with E-state index in [2.05, 4.69) is 27.0 Å². The number of carbonyl (C=O) groups is 2. The number of aromatic nitrogens is 4. The zero-order valence-electron chi connectivity index (χ0n) is 18.3. The van der Waals surface area contributed by atoms with Crippen LogP contribution in [0.15, 0.2) is 59.9 Å². The summed E-state index contributed by atoms with van der Waals surface area (Å²) >= 11 is 1.33. The molecule has 8 heteroatoms. The predicted octanol–water partition coefficient (Wildman–Crippen LogP) is 4.25. The summed E-state index contributed by atoms with van der Waals surface area (Å²) in [5, 5.41) is 12.8. The molecule has 0 aliphatic heterocycles. The number of ketones is 1. The van der Waals surface area contributed by atoms with E-state index >= 15 is 0 Å². The molecular formula is C24H25N5O2S. The summed E-state index contributed by atoms with van der Waals surface area (Å²) in [5.41, 5.74) is 3.56. The fourth-order valence-electron chi connectivity index (χ4n) is 3.61. The van der Waals surface area contributed by atoms with Crippen LogP contribution in [-0.4, -0.2) is 36.8 Å². The molecule has 7 nitrogen and oxygen atoms in total. The van der Waals surface area contributed by atoms with Gasteiger partial charge in [0.1, 0.15) is 5.82 Å². The van der Waals surface area contributed by atoms with Crippen LogP contribution in [0.1, 0.15) is 28.7 Å². The summed E-state index contributed by atoms with van der Waals surface area (Å²) in [6.45, 7) is 4.81. The number of hydrogen-bond donors (Lipinski definition) is 1. The Balaban J connectivity index is 1.42. The normalized spacial score (nSPS) is 11.1. The molecule has 4 rings (SSSR count). The SMILES string of the molecule is CCn1cc(C(=O)CSc2nnc(CC(=O)Nc3ccccc3C)n2C)c2ccccc21. The van der Waals surface area contributed by atoms with E-state index in [-0.39, 0.29) is 23.9 Å². The van der Waals surface area contributed by atoms with Gasteiger partial charge in [0.05, 0.1) is 12.2 Å². The number of anilines is 1. The lowest BCUT2D eigenvalue weighted by atomic mass is 10.1. The summed E-state index contributed by atoms with van der Waals surface area (Å²) in [5.74, 6) is 0.683. The Morgan fingerprint density at radius 1 is 1.06 bits per heavy atom. The second-order valence-corrected chi connectivity index (χ2v) is 8.50. The van der Waals surface area contributed by atoms with Crippen LogP contribution in [0.25, 0.3) is 10.9 Å². The van der Waals surface area contributed by atoms with E-state index in [1.165, 1.54) is 11.8 Å². The lowest BCUT2D eigenvalue weighted by Crippen LogP contribution is -2.17. The van der Waals surface area contributed by atoms with Gasteiger partial charge in [0, 0.05) is 41.9 Å². The minimum Gasteiger partial charge on any atom is -0.347 e. The zero-order chi connectivity index (χ0) is 22.7. The molecule has 0 spiro atoms. The lowest BCUT2D eigenvalue weighted by Gasteiger charge is -2.08. The molecule has 0 radical (unpaired) electrons. The summed E-state index contributed by atoms with van der Waals surface area (Å²) in [6.07, 6.45) is 2.03. The van der Waals surface area contributed by atoms with Gasteiger partial charge in [-0.1, -0.05) is 48.2 Å². The van der Waals surface area contributed by atoms with E-state index < -0.39 is 0 Å². The van der Waals surface area contributed by atoms with E-state index in [0.29, 0.717) is 11.0 Å². The minimum absolute atomic E-state index is 0.0419. The maximum Gasteiger partial charge on any atom is 0.232 e. The van der Waals surface area contributed by atoms with Gasteiger partial charge in [-0.3, -0.25) is 9.59 Å². The molecule has 0 fully saturated rings. The zero-order valence-corrected chi connectivity index (χ0v) is 19.1. The third-order valence-electron chi connectivity index (χ3n) is 5.42. The fraction of sp³-hybridized carbons (Fsp3) is 0.250. The summed E-state index contributed by atoms with van der Waals surface area (Å²) < 4.78 is 3.85. The van der Waals surface area contributed by atoms with Crippen LogP contribution in [0.3, 0.4) is 0 Å². The van der Waals surface area contributed by atoms with Crippen LogP contribution in [0, 0.1) is 6.92 Å². The summed E-state index contributed by atoms with van der Waals surface area (Å²) in [7, 11) is 1.81. The number of nitrogens with zero attached hydrogens (tertiary/aromatic N) is 4. The number of para-hydroxylation sites is 2. The van der Waals surface area contributed by atoms with E-state index in [4.69, 9.17) is 0 Å². The number of carbonyl (C=O) groups excluding carboxylic acids is 2. The molecule has 0 bridgehead atoms. The van der Waals surface area contributed by atoms with Crippen LogP contribution in [0.2, 0.25) is 0 Å². The first-order valence-electron chi connectivity index (χ1n) is 10.5. The Kier molecular flexibility index (Phi) is 6.41. The maximum atomic E-state index is 12.9. The molecule has 2 aromatic heterocycles. The highest BCUT2D eigenvalue weighted by molar-refractivity contribution is 7.99. The summed E-state index contributed by atoms with van der Waals surface area (Å²) in [4.78, 5) is 25.4. The molecule has 4 aromatic rings. The average Bonchev–Trinajstić information content (AvgIpc) is 3.34. The number of nitrogens with one attached hydrogen (secondary N) is 1. The molecule has 1 N–H and O–H groups in total. The molecule has 2 heterocycles. The molecule has 0 saturated heterocycles. The Hall–Kier alpha value is -3.39. The number of fused-ring (bicyclic) bond motifs is 1. The number of hydrogen-bond acceptors (Lipinski definition) is 5. The molecule has 1 amide bonds. The highest BCUT2D eigenvalue weighted by Gasteiger charge is 2.18. The first-order valence-corrected chi connectivity index (χ1v) is 11.4. The number of Topliss-reactive ketones (excluding diaryl/α,β-unsaturated/α-hetero) is 1. The minimum atomic E-state index is -0.158. The molecule has 2 aromatic carbocycles. The topological polar surface area (TPSA) is 81.8 Å². The van der Waals surface area contributed by atoms with Gasteiger partial charge in [-0.15, -0.1) is 10.2 Å². The maximum absolute atomic E-state index is 12.9. The monoisotopic (exact) mass is 447 g/mol. The van der Waals surface area contributed by atoms with E-state index in [1.807, 2.05) is 68.7 Å². The smallest absolute Gasteiger partial charge is 0.232 e. The van der Waals surface area contributed by atoms with Crippen LogP contribution in [0.4, 0.5) is 5.69 Å². The number of thioether (sulfide) groups is 1. The molecule has 32 heavy (non-hydrogen) atoms. The van der Waals surface area contributed by atoms with Crippen molar-refractivity contribution in [2.45, 2.75) is 32.0 Å². The number of benzene rings is 2. The van der Waals surface area contributed by atoms with Gasteiger partial charge in [-0.25, -0.2) is 0 Å². The molecule has 0 saturated carbocycles. The van der Waals surface area contributed by atoms with E-state index in [1.54, 1.807) is 4.57 Å². The largest absolute Gasteiger partial charge is 0.347 e. The van der Waals surface area contributed by atoms with Gasteiger partial charge in [0.25, 0.3) is 0 Å². The van der Waals surface area contributed by atoms with Crippen LogP contribution in [0.5, 0.6) is 0 Å². The third-order valence-corrected chi connectivity index (χ3v) is 6.45. The fourth-order valence-corrected chi connectivity index (χ4v) is 4.43. The Bertz CT molecular complexity index is 1290. The van der Waals surface area contributed by atoms with Crippen molar-refractivity contribution in [3.63, 3.8) is 0 Å². The van der Waals surface area contributed by atoms with Gasteiger partial charge < -0.3 is 14.5 Å². The third kappa shape index (κ3) is 4.45. The Morgan fingerprint density at radius 2 is 1.81 bits per heavy atom. The van der Waals surface area contributed by atoms with Crippen LogP contribution in [-0.2, 0) is 24.8 Å². The van der Waals surface area contributed by atoms with Crippen molar-refractivity contribution in [3.8, 4) is 0 Å². The van der Waals surface area contributed by atoms with Gasteiger partial charge in [0.15, 0.2) is 10.9 Å².